The zero-order valence-electron chi connectivity index (χ0n) is 13.3. The second kappa shape index (κ2) is 6.74. The van der Waals surface area contributed by atoms with Crippen molar-refractivity contribution in [2.45, 2.75) is 12.5 Å². The summed E-state index contributed by atoms with van der Waals surface area (Å²) in [6.07, 6.45) is 0.666. The summed E-state index contributed by atoms with van der Waals surface area (Å²) in [5.74, 6) is 0.0364. The largest absolute Gasteiger partial charge is 0.490 e. The number of para-hydroxylation sites is 1. The Morgan fingerprint density at radius 3 is 2.92 bits per heavy atom. The number of rotatable bonds is 4. The number of halogens is 1. The number of carbonyl (C=O) groups excluding carboxylic acids is 1. The number of esters is 1. The van der Waals surface area contributed by atoms with Crippen LogP contribution < -0.4 is 14.8 Å². The highest BCUT2D eigenvalue weighted by Gasteiger charge is 2.24. The Hall–Kier alpha value is -2.83. The van der Waals surface area contributed by atoms with Crippen molar-refractivity contribution in [1.29, 1.82) is 0 Å². The Morgan fingerprint density at radius 1 is 1.33 bits per heavy atom. The number of nitrogens with one attached hydrogen (secondary N) is 1. The summed E-state index contributed by atoms with van der Waals surface area (Å²) in [5, 5.41) is 3.23. The topological polar surface area (TPSA) is 69.7 Å². The molecule has 1 aliphatic rings. The number of benzene rings is 1. The van der Waals surface area contributed by atoms with Gasteiger partial charge in [-0.25, -0.2) is 9.18 Å². The van der Waals surface area contributed by atoms with Crippen LogP contribution in [0.1, 0.15) is 28.4 Å². The highest BCUT2D eigenvalue weighted by atomic mass is 19.1. The molecule has 7 heteroatoms. The first-order valence-corrected chi connectivity index (χ1v) is 7.45. The summed E-state index contributed by atoms with van der Waals surface area (Å²) in [4.78, 5) is 16.0. The molecule has 0 saturated heterocycles. The summed E-state index contributed by atoms with van der Waals surface area (Å²) in [5.41, 5.74) is 0.975. The maximum atomic E-state index is 13.8. The lowest BCUT2D eigenvalue weighted by Gasteiger charge is -2.27. The van der Waals surface area contributed by atoms with E-state index in [4.69, 9.17) is 14.2 Å². The van der Waals surface area contributed by atoms with Crippen LogP contribution >= 0.6 is 0 Å². The number of hydrogen-bond acceptors (Lipinski definition) is 6. The molecule has 0 spiro atoms. The molecule has 0 aliphatic carbocycles. The molecule has 0 unspecified atom stereocenters. The van der Waals surface area contributed by atoms with Gasteiger partial charge < -0.3 is 19.5 Å². The van der Waals surface area contributed by atoms with Gasteiger partial charge in [0.2, 0.25) is 5.88 Å². The van der Waals surface area contributed by atoms with Crippen molar-refractivity contribution in [2.24, 2.45) is 0 Å². The molecule has 0 radical (unpaired) electrons. The Labute approximate surface area is 138 Å². The molecular formula is C17H17FN2O4. The van der Waals surface area contributed by atoms with Gasteiger partial charge in [-0.3, -0.25) is 0 Å². The molecule has 24 heavy (non-hydrogen) atoms. The van der Waals surface area contributed by atoms with E-state index < -0.39 is 5.97 Å². The van der Waals surface area contributed by atoms with Gasteiger partial charge in [0.1, 0.15) is 11.4 Å². The van der Waals surface area contributed by atoms with Crippen molar-refractivity contribution in [1.82, 2.24) is 4.98 Å². The molecule has 0 fully saturated rings. The number of carbonyl (C=O) groups is 1. The average molecular weight is 332 g/mol. The fourth-order valence-electron chi connectivity index (χ4n) is 2.66. The van der Waals surface area contributed by atoms with E-state index in [1.807, 2.05) is 6.07 Å². The predicted octanol–water partition coefficient (Wildman–Crippen LogP) is 2.95. The molecule has 1 aromatic carbocycles. The van der Waals surface area contributed by atoms with Gasteiger partial charge in [-0.15, -0.1) is 0 Å². The Morgan fingerprint density at radius 2 is 2.17 bits per heavy atom. The molecule has 6 nitrogen and oxygen atoms in total. The van der Waals surface area contributed by atoms with Crippen LogP contribution in [-0.4, -0.2) is 31.8 Å². The van der Waals surface area contributed by atoms with Crippen LogP contribution in [0.4, 0.5) is 10.2 Å². The summed E-state index contributed by atoms with van der Waals surface area (Å²) in [7, 11) is 2.72. The molecule has 0 saturated carbocycles. The normalized spacial score (nSPS) is 15.9. The van der Waals surface area contributed by atoms with Gasteiger partial charge in [-0.05, 0) is 18.2 Å². The zero-order chi connectivity index (χ0) is 17.1. The highest BCUT2D eigenvalue weighted by Crippen LogP contribution is 2.36. The van der Waals surface area contributed by atoms with Crippen LogP contribution in [0.2, 0.25) is 0 Å². The molecule has 2 heterocycles. The standard InChI is InChI=1S/C17H17FN2O4/c1-22-16-11(17(21)23-2)6-7-14(20-16)19-13-8-9-24-15-10(13)4-3-5-12(15)18/h3-7,13H,8-9H2,1-2H3,(H,19,20)/t13-/m0/s1. The molecule has 2 aromatic rings. The summed E-state index contributed by atoms with van der Waals surface area (Å²) in [6.45, 7) is 0.406. The number of hydrogen-bond donors (Lipinski definition) is 1. The Kier molecular flexibility index (Phi) is 4.50. The number of aromatic nitrogens is 1. The van der Waals surface area contributed by atoms with E-state index in [0.29, 0.717) is 18.8 Å². The van der Waals surface area contributed by atoms with Gasteiger partial charge in [0, 0.05) is 12.0 Å². The predicted molar refractivity (Wildman–Crippen MR) is 85.0 cm³/mol. The number of fused-ring (bicyclic) bond motifs is 1. The van der Waals surface area contributed by atoms with Crippen molar-refractivity contribution in [2.75, 3.05) is 26.1 Å². The third-order valence-corrected chi connectivity index (χ3v) is 3.81. The summed E-state index contributed by atoms with van der Waals surface area (Å²) >= 11 is 0. The molecule has 1 atom stereocenters. The average Bonchev–Trinajstić information content (AvgIpc) is 2.62. The van der Waals surface area contributed by atoms with Crippen molar-refractivity contribution >= 4 is 11.8 Å². The fourth-order valence-corrected chi connectivity index (χ4v) is 2.66. The molecule has 1 aliphatic heterocycles. The number of pyridine rings is 1. The minimum atomic E-state index is -0.524. The van der Waals surface area contributed by atoms with Crippen molar-refractivity contribution in [3.63, 3.8) is 0 Å². The third-order valence-electron chi connectivity index (χ3n) is 3.81. The molecular weight excluding hydrogens is 315 g/mol. The second-order valence-electron chi connectivity index (χ2n) is 5.24. The van der Waals surface area contributed by atoms with Gasteiger partial charge >= 0.3 is 5.97 Å². The molecule has 3 rings (SSSR count). The molecule has 0 bridgehead atoms. The van der Waals surface area contributed by atoms with Crippen molar-refractivity contribution in [3.05, 3.63) is 47.3 Å². The number of ether oxygens (including phenoxy) is 3. The first-order chi connectivity index (χ1) is 11.6. The van der Waals surface area contributed by atoms with Crippen LogP contribution in [-0.2, 0) is 4.74 Å². The second-order valence-corrected chi connectivity index (χ2v) is 5.24. The van der Waals surface area contributed by atoms with E-state index in [2.05, 4.69) is 10.3 Å². The van der Waals surface area contributed by atoms with Crippen LogP contribution in [0.5, 0.6) is 11.6 Å². The summed E-state index contributed by atoms with van der Waals surface area (Å²) < 4.78 is 29.1. The molecule has 126 valence electrons. The van der Waals surface area contributed by atoms with Crippen LogP contribution in [0.15, 0.2) is 30.3 Å². The zero-order valence-corrected chi connectivity index (χ0v) is 13.3. The van der Waals surface area contributed by atoms with E-state index in [9.17, 15) is 9.18 Å². The minimum Gasteiger partial charge on any atom is -0.490 e. The lowest BCUT2D eigenvalue weighted by molar-refractivity contribution is 0.0596. The van der Waals surface area contributed by atoms with E-state index in [0.717, 1.165) is 5.56 Å². The number of methoxy groups -OCH3 is 2. The Bertz CT molecular complexity index is 766. The first-order valence-electron chi connectivity index (χ1n) is 7.45. The third kappa shape index (κ3) is 2.97. The number of nitrogens with zero attached hydrogens (tertiary/aromatic N) is 1. The minimum absolute atomic E-state index is 0.148. The van der Waals surface area contributed by atoms with E-state index in [1.165, 1.54) is 20.3 Å². The quantitative estimate of drug-likeness (QED) is 0.868. The SMILES string of the molecule is COC(=O)c1ccc(N[C@H]2CCOc3c(F)cccc32)nc1OC. The van der Waals surface area contributed by atoms with Gasteiger partial charge in [0.15, 0.2) is 11.6 Å². The lowest BCUT2D eigenvalue weighted by Crippen LogP contribution is -2.21. The van der Waals surface area contributed by atoms with E-state index >= 15 is 0 Å². The maximum Gasteiger partial charge on any atom is 0.343 e. The van der Waals surface area contributed by atoms with Crippen molar-refractivity contribution in [3.8, 4) is 11.6 Å². The smallest absolute Gasteiger partial charge is 0.343 e. The van der Waals surface area contributed by atoms with Gasteiger partial charge in [0.25, 0.3) is 0 Å². The summed E-state index contributed by atoms with van der Waals surface area (Å²) in [6, 6.07) is 7.91. The molecule has 1 N–H and O–H groups in total. The lowest BCUT2D eigenvalue weighted by atomic mass is 10.0. The highest BCUT2D eigenvalue weighted by molar-refractivity contribution is 5.92. The number of anilines is 1. The first kappa shape index (κ1) is 16.0. The van der Waals surface area contributed by atoms with E-state index in [-0.39, 0.29) is 29.1 Å². The van der Waals surface area contributed by atoms with Crippen LogP contribution in [0, 0.1) is 5.82 Å². The van der Waals surface area contributed by atoms with Gasteiger partial charge in [-0.2, -0.15) is 4.98 Å². The monoisotopic (exact) mass is 332 g/mol. The molecule has 1 aromatic heterocycles. The van der Waals surface area contributed by atoms with Crippen molar-refractivity contribution < 1.29 is 23.4 Å². The maximum absolute atomic E-state index is 13.8. The Balaban J connectivity index is 1.88. The van der Waals surface area contributed by atoms with Gasteiger partial charge in [0.05, 0.1) is 26.9 Å². The van der Waals surface area contributed by atoms with E-state index in [1.54, 1.807) is 18.2 Å². The van der Waals surface area contributed by atoms with Crippen LogP contribution in [0.25, 0.3) is 0 Å². The fraction of sp³-hybridized carbons (Fsp3) is 0.294. The van der Waals surface area contributed by atoms with Crippen LogP contribution in [0.3, 0.4) is 0 Å². The van der Waals surface area contributed by atoms with Gasteiger partial charge in [-0.1, -0.05) is 12.1 Å². The molecule has 0 amide bonds.